The number of ether oxygens (including phenoxy) is 1. The third kappa shape index (κ3) is 4.55. The van der Waals surface area contributed by atoms with Crippen molar-refractivity contribution in [3.63, 3.8) is 0 Å². The van der Waals surface area contributed by atoms with Gasteiger partial charge in [0.1, 0.15) is 0 Å². The zero-order valence-corrected chi connectivity index (χ0v) is 21.1. The minimum absolute atomic E-state index is 0.00324. The summed E-state index contributed by atoms with van der Waals surface area (Å²) in [6.07, 6.45) is 4.24. The maximum absolute atomic E-state index is 12.9. The van der Waals surface area contributed by atoms with Gasteiger partial charge in [0.15, 0.2) is 0 Å². The summed E-state index contributed by atoms with van der Waals surface area (Å²) in [7, 11) is 0. The van der Waals surface area contributed by atoms with E-state index in [9.17, 15) is 9.59 Å². The SMILES string of the molecule is C=CC(=O)N1CCC2(CC(n3c(NC(=O)c4cc(C)no4)nc4cc(CN5CCOCC5)ccc43)C2)C1. The van der Waals surface area contributed by atoms with E-state index < -0.39 is 0 Å². The molecule has 6 rings (SSSR count). The van der Waals surface area contributed by atoms with Crippen LogP contribution in [0.3, 0.4) is 0 Å². The lowest BCUT2D eigenvalue weighted by Crippen LogP contribution is -2.42. The first-order valence-electron chi connectivity index (χ1n) is 12.9. The average Bonchev–Trinajstić information content (AvgIpc) is 3.60. The third-order valence-electron chi connectivity index (χ3n) is 7.97. The molecule has 4 heterocycles. The van der Waals surface area contributed by atoms with Gasteiger partial charge >= 0.3 is 0 Å². The Morgan fingerprint density at radius 1 is 1.22 bits per heavy atom. The summed E-state index contributed by atoms with van der Waals surface area (Å²) in [5, 5.41) is 6.80. The fourth-order valence-corrected chi connectivity index (χ4v) is 6.06. The number of carbonyl (C=O) groups is 2. The second kappa shape index (κ2) is 9.42. The Labute approximate surface area is 215 Å². The number of nitrogens with zero attached hydrogens (tertiary/aromatic N) is 5. The van der Waals surface area contributed by atoms with Crippen LogP contribution in [0.5, 0.6) is 0 Å². The molecule has 10 heteroatoms. The number of likely N-dealkylation sites (tertiary alicyclic amines) is 1. The molecular weight excluding hydrogens is 472 g/mol. The molecule has 2 aromatic heterocycles. The van der Waals surface area contributed by atoms with Crippen molar-refractivity contribution in [3.8, 4) is 0 Å². The van der Waals surface area contributed by atoms with E-state index in [1.165, 1.54) is 11.6 Å². The molecule has 1 aliphatic carbocycles. The molecular formula is C27H32N6O4. The molecule has 194 valence electrons. The normalized spacial score (nSPS) is 23.9. The van der Waals surface area contributed by atoms with Gasteiger partial charge in [0.25, 0.3) is 5.91 Å². The van der Waals surface area contributed by atoms with Crippen molar-refractivity contribution in [2.75, 3.05) is 44.7 Å². The van der Waals surface area contributed by atoms with E-state index in [2.05, 4.69) is 44.7 Å². The topological polar surface area (TPSA) is 106 Å². The first kappa shape index (κ1) is 23.9. The second-order valence-corrected chi connectivity index (χ2v) is 10.6. The van der Waals surface area contributed by atoms with Crippen molar-refractivity contribution in [2.45, 2.75) is 38.8 Å². The second-order valence-electron chi connectivity index (χ2n) is 10.6. The van der Waals surface area contributed by atoms with Crippen LogP contribution in [-0.4, -0.2) is 75.7 Å². The molecule has 1 N–H and O–H groups in total. The van der Waals surface area contributed by atoms with Gasteiger partial charge in [0.2, 0.25) is 17.6 Å². The number of imidazole rings is 1. The molecule has 0 unspecified atom stereocenters. The molecule has 2 saturated heterocycles. The lowest BCUT2D eigenvalue weighted by Gasteiger charge is -2.46. The van der Waals surface area contributed by atoms with Crippen LogP contribution in [-0.2, 0) is 16.1 Å². The lowest BCUT2D eigenvalue weighted by molar-refractivity contribution is -0.125. The Kier molecular flexibility index (Phi) is 6.08. The Hall–Kier alpha value is -3.50. The van der Waals surface area contributed by atoms with E-state index >= 15 is 0 Å². The highest BCUT2D eigenvalue weighted by molar-refractivity contribution is 6.02. The van der Waals surface area contributed by atoms with Crippen molar-refractivity contribution in [3.05, 3.63) is 53.9 Å². The molecule has 37 heavy (non-hydrogen) atoms. The molecule has 2 amide bonds. The Morgan fingerprint density at radius 2 is 2.03 bits per heavy atom. The minimum atomic E-state index is -0.372. The van der Waals surface area contributed by atoms with Crippen LogP contribution in [0.2, 0.25) is 0 Å². The smallest absolute Gasteiger partial charge is 0.296 e. The van der Waals surface area contributed by atoms with Crippen molar-refractivity contribution >= 4 is 28.8 Å². The summed E-state index contributed by atoms with van der Waals surface area (Å²) in [6, 6.07) is 8.17. The molecule has 10 nitrogen and oxygen atoms in total. The Balaban J connectivity index is 1.28. The first-order valence-corrected chi connectivity index (χ1v) is 12.9. The number of hydrogen-bond acceptors (Lipinski definition) is 7. The molecule has 1 saturated carbocycles. The van der Waals surface area contributed by atoms with Crippen molar-refractivity contribution in [1.29, 1.82) is 0 Å². The number of aromatic nitrogens is 3. The number of carbonyl (C=O) groups excluding carboxylic acids is 2. The zero-order chi connectivity index (χ0) is 25.6. The number of anilines is 1. The average molecular weight is 505 g/mol. The summed E-state index contributed by atoms with van der Waals surface area (Å²) in [5.74, 6) is 0.290. The molecule has 0 radical (unpaired) electrons. The number of benzene rings is 1. The molecule has 1 spiro atoms. The fraction of sp³-hybridized carbons (Fsp3) is 0.481. The highest BCUT2D eigenvalue weighted by Crippen LogP contribution is 2.55. The monoisotopic (exact) mass is 504 g/mol. The Bertz CT molecular complexity index is 1350. The van der Waals surface area contributed by atoms with Gasteiger partial charge in [-0.2, -0.15) is 0 Å². The van der Waals surface area contributed by atoms with Crippen LogP contribution in [0.25, 0.3) is 11.0 Å². The standard InChI is InChI=1S/C27H32N6O4/c1-3-24(34)32-7-6-27(17-32)14-20(15-27)33-22-5-4-19(16-31-8-10-36-11-9-31)13-21(22)28-26(33)29-25(35)23-12-18(2)30-37-23/h3-5,12-13,20H,1,6-11,14-17H2,2H3,(H,28,29,35). The molecule has 1 aromatic carbocycles. The number of amides is 2. The number of rotatable bonds is 6. The molecule has 0 bridgehead atoms. The van der Waals surface area contributed by atoms with Gasteiger partial charge in [0, 0.05) is 44.8 Å². The van der Waals surface area contributed by atoms with Gasteiger partial charge in [-0.25, -0.2) is 4.98 Å². The molecule has 3 aliphatic rings. The van der Waals surface area contributed by atoms with E-state index in [1.54, 1.807) is 13.0 Å². The van der Waals surface area contributed by atoms with Gasteiger partial charge in [-0.15, -0.1) is 0 Å². The van der Waals surface area contributed by atoms with Crippen LogP contribution in [0, 0.1) is 12.3 Å². The molecule has 2 aliphatic heterocycles. The maximum Gasteiger partial charge on any atom is 0.296 e. The van der Waals surface area contributed by atoms with Crippen molar-refractivity contribution in [1.82, 2.24) is 24.5 Å². The van der Waals surface area contributed by atoms with Crippen molar-refractivity contribution < 1.29 is 18.8 Å². The number of aryl methyl sites for hydroxylation is 1. The number of hydrogen-bond donors (Lipinski definition) is 1. The zero-order valence-electron chi connectivity index (χ0n) is 21.1. The fourth-order valence-electron chi connectivity index (χ4n) is 6.06. The molecule has 3 aromatic rings. The maximum atomic E-state index is 12.9. The van der Waals surface area contributed by atoms with Crippen LogP contribution < -0.4 is 5.32 Å². The van der Waals surface area contributed by atoms with E-state index in [0.29, 0.717) is 11.6 Å². The van der Waals surface area contributed by atoms with E-state index in [4.69, 9.17) is 14.2 Å². The largest absolute Gasteiger partial charge is 0.379 e. The first-order chi connectivity index (χ1) is 17.9. The van der Waals surface area contributed by atoms with E-state index in [-0.39, 0.29) is 29.0 Å². The van der Waals surface area contributed by atoms with E-state index in [0.717, 1.165) is 76.2 Å². The summed E-state index contributed by atoms with van der Waals surface area (Å²) in [5.41, 5.74) is 3.78. The quantitative estimate of drug-likeness (QED) is 0.514. The highest BCUT2D eigenvalue weighted by atomic mass is 16.5. The number of fused-ring (bicyclic) bond motifs is 1. The van der Waals surface area contributed by atoms with Gasteiger partial charge in [-0.05, 0) is 55.4 Å². The molecule has 3 fully saturated rings. The summed E-state index contributed by atoms with van der Waals surface area (Å²) < 4.78 is 12.8. The van der Waals surface area contributed by atoms with Crippen LogP contribution >= 0.6 is 0 Å². The van der Waals surface area contributed by atoms with Gasteiger partial charge in [-0.3, -0.25) is 19.8 Å². The highest BCUT2D eigenvalue weighted by Gasteiger charge is 2.50. The number of nitrogens with one attached hydrogen (secondary N) is 1. The van der Waals surface area contributed by atoms with Crippen LogP contribution in [0.15, 0.2) is 41.4 Å². The summed E-state index contributed by atoms with van der Waals surface area (Å²) in [6.45, 7) is 11.1. The predicted molar refractivity (Wildman–Crippen MR) is 137 cm³/mol. The third-order valence-corrected chi connectivity index (χ3v) is 7.97. The summed E-state index contributed by atoms with van der Waals surface area (Å²) >= 11 is 0. The van der Waals surface area contributed by atoms with Crippen LogP contribution in [0.1, 0.15) is 47.1 Å². The van der Waals surface area contributed by atoms with Gasteiger partial charge < -0.3 is 18.7 Å². The molecule has 0 atom stereocenters. The Morgan fingerprint density at radius 3 is 2.76 bits per heavy atom. The number of morpholine rings is 1. The minimum Gasteiger partial charge on any atom is -0.379 e. The van der Waals surface area contributed by atoms with Gasteiger partial charge in [-0.1, -0.05) is 17.8 Å². The van der Waals surface area contributed by atoms with Gasteiger partial charge in [0.05, 0.1) is 29.9 Å². The lowest BCUT2D eigenvalue weighted by atomic mass is 9.64. The van der Waals surface area contributed by atoms with Crippen molar-refractivity contribution in [2.24, 2.45) is 5.41 Å². The summed E-state index contributed by atoms with van der Waals surface area (Å²) in [4.78, 5) is 34.2. The van der Waals surface area contributed by atoms with Crippen LogP contribution in [0.4, 0.5) is 5.95 Å². The van der Waals surface area contributed by atoms with E-state index in [1.807, 2.05) is 4.90 Å². The predicted octanol–water partition coefficient (Wildman–Crippen LogP) is 3.16.